The summed E-state index contributed by atoms with van der Waals surface area (Å²) in [6.07, 6.45) is 11.6. The molecule has 0 radical (unpaired) electrons. The fourth-order valence-electron chi connectivity index (χ4n) is 6.56. The molecule has 2 aliphatic heterocycles. The molecule has 3 fully saturated rings. The summed E-state index contributed by atoms with van der Waals surface area (Å²) >= 11 is 0. The van der Waals surface area contributed by atoms with E-state index in [0.717, 1.165) is 37.7 Å². The minimum atomic E-state index is -0.967. The zero-order valence-electron chi connectivity index (χ0n) is 27.3. The zero-order valence-corrected chi connectivity index (χ0v) is 27.3. The van der Waals surface area contributed by atoms with Gasteiger partial charge >= 0.3 is 0 Å². The Hall–Kier alpha value is -2.69. The van der Waals surface area contributed by atoms with Crippen molar-refractivity contribution in [2.45, 2.75) is 96.6 Å². The lowest BCUT2D eigenvalue weighted by atomic mass is 9.87. The molecule has 2 unspecified atom stereocenters. The van der Waals surface area contributed by atoms with Gasteiger partial charge in [0.25, 0.3) is 5.91 Å². The zero-order chi connectivity index (χ0) is 31.7. The number of carbonyl (C=O) groups is 3. The predicted octanol–water partition coefficient (Wildman–Crippen LogP) is 4.43. The topological polar surface area (TPSA) is 123 Å². The Balaban J connectivity index is 0.000000339. The molecule has 10 nitrogen and oxygen atoms in total. The Kier molecular flexibility index (Phi) is 12.5. The Labute approximate surface area is 263 Å². The number of hydrogen-bond donors (Lipinski definition) is 2. The van der Waals surface area contributed by atoms with Crippen LogP contribution in [0.15, 0.2) is 18.2 Å². The summed E-state index contributed by atoms with van der Waals surface area (Å²) in [6.45, 7) is 9.54. The number of nitrogens with zero attached hydrogens (tertiary/aromatic N) is 2. The number of fused-ring (bicyclic) bond motifs is 1. The highest BCUT2D eigenvalue weighted by Gasteiger charge is 2.43. The van der Waals surface area contributed by atoms with Crippen molar-refractivity contribution in [3.05, 3.63) is 18.2 Å². The van der Waals surface area contributed by atoms with Gasteiger partial charge in [-0.25, -0.2) is 0 Å². The fourth-order valence-corrected chi connectivity index (χ4v) is 6.56. The van der Waals surface area contributed by atoms with E-state index in [2.05, 4.69) is 12.2 Å². The summed E-state index contributed by atoms with van der Waals surface area (Å²) in [7, 11) is 1.64. The summed E-state index contributed by atoms with van der Waals surface area (Å²) in [4.78, 5) is 42.0. The van der Waals surface area contributed by atoms with Crippen LogP contribution in [0.2, 0.25) is 0 Å². The van der Waals surface area contributed by atoms with Gasteiger partial charge in [0.05, 0.1) is 17.5 Å². The van der Waals surface area contributed by atoms with Crippen LogP contribution in [0.4, 0.5) is 11.4 Å². The van der Waals surface area contributed by atoms with Gasteiger partial charge in [0.2, 0.25) is 11.8 Å². The highest BCUT2D eigenvalue weighted by molar-refractivity contribution is 6.04. The van der Waals surface area contributed by atoms with Crippen molar-refractivity contribution in [2.75, 3.05) is 56.4 Å². The molecule has 0 aromatic heterocycles. The highest BCUT2D eigenvalue weighted by Crippen LogP contribution is 2.43. The number of methoxy groups -OCH3 is 1. The molecule has 2 aliphatic carbocycles. The number of anilines is 2. The minimum Gasteiger partial charge on any atom is -0.476 e. The van der Waals surface area contributed by atoms with Gasteiger partial charge in [0.15, 0.2) is 5.60 Å². The third-order valence-electron chi connectivity index (χ3n) is 9.22. The number of rotatable bonds is 12. The SMILES string of the molecule is CCOCCC1CCCCC1.COCCCN1C(=O)C(C)(C)Oc2ccc(N(C(=O)C3CNCC(C(N)=O)C3)C3CC3)cc21. The summed E-state index contributed by atoms with van der Waals surface area (Å²) in [5, 5.41) is 3.18. The maximum atomic E-state index is 13.6. The molecule has 10 heteroatoms. The van der Waals surface area contributed by atoms with E-state index in [4.69, 9.17) is 19.9 Å². The lowest BCUT2D eigenvalue weighted by Gasteiger charge is -2.39. The molecule has 1 aromatic rings. The van der Waals surface area contributed by atoms with Crippen LogP contribution in [0, 0.1) is 17.8 Å². The monoisotopic (exact) mass is 614 g/mol. The Morgan fingerprint density at radius 3 is 2.48 bits per heavy atom. The van der Waals surface area contributed by atoms with Gasteiger partial charge in [-0.05, 0) is 77.0 Å². The molecule has 0 bridgehead atoms. The van der Waals surface area contributed by atoms with Crippen LogP contribution in [0.1, 0.15) is 85.0 Å². The number of primary amides is 1. The number of hydrogen-bond acceptors (Lipinski definition) is 7. The van der Waals surface area contributed by atoms with Gasteiger partial charge in [-0.1, -0.05) is 32.1 Å². The molecule has 1 saturated heterocycles. The number of amides is 3. The molecule has 3 N–H and O–H groups in total. The number of piperidine rings is 1. The Morgan fingerprint density at radius 1 is 1.09 bits per heavy atom. The first kappa shape index (κ1) is 34.2. The Bertz CT molecular complexity index is 1120. The van der Waals surface area contributed by atoms with Crippen molar-refractivity contribution >= 4 is 29.1 Å². The molecule has 5 rings (SSSR count). The molecule has 1 aromatic carbocycles. The maximum Gasteiger partial charge on any atom is 0.270 e. The second kappa shape index (κ2) is 16.0. The van der Waals surface area contributed by atoms with Crippen molar-refractivity contribution in [1.29, 1.82) is 0 Å². The van der Waals surface area contributed by atoms with E-state index in [0.29, 0.717) is 50.5 Å². The number of nitrogens with two attached hydrogens (primary N) is 1. The van der Waals surface area contributed by atoms with Crippen LogP contribution >= 0.6 is 0 Å². The first-order valence-corrected chi connectivity index (χ1v) is 16.7. The summed E-state index contributed by atoms with van der Waals surface area (Å²) in [5.41, 5.74) is 5.95. The highest BCUT2D eigenvalue weighted by atomic mass is 16.5. The first-order chi connectivity index (χ1) is 21.2. The molecule has 4 aliphatic rings. The summed E-state index contributed by atoms with van der Waals surface area (Å²) < 4.78 is 16.5. The number of carbonyl (C=O) groups excluding carboxylic acids is 3. The molecule has 2 atom stereocenters. The largest absolute Gasteiger partial charge is 0.476 e. The quantitative estimate of drug-likeness (QED) is 0.334. The Morgan fingerprint density at radius 2 is 1.82 bits per heavy atom. The lowest BCUT2D eigenvalue weighted by Crippen LogP contribution is -2.53. The lowest BCUT2D eigenvalue weighted by molar-refractivity contribution is -0.132. The van der Waals surface area contributed by atoms with E-state index in [1.165, 1.54) is 38.5 Å². The number of nitrogens with one attached hydrogen (secondary N) is 1. The van der Waals surface area contributed by atoms with Crippen LogP contribution in [-0.2, 0) is 23.9 Å². The number of ether oxygens (including phenoxy) is 3. The molecule has 3 amide bonds. The molecule has 2 heterocycles. The standard InChI is InChI=1S/C24H34N4O5.C10H20O/c1-24(2)23(31)27(9-4-10-32-3)19-12-18(7-8-20(19)33-24)28(17-5-6-17)22(30)16-11-15(21(25)29)13-26-14-16;1-2-11-9-8-10-6-4-3-5-7-10/h7-8,12,15-17,26H,4-6,9-11,13-14H2,1-3H3,(H2,25,29);10H,2-9H2,1H3. The van der Waals surface area contributed by atoms with Gasteiger partial charge in [-0.3, -0.25) is 14.4 Å². The van der Waals surface area contributed by atoms with Crippen molar-refractivity contribution in [3.63, 3.8) is 0 Å². The van der Waals surface area contributed by atoms with Crippen LogP contribution in [0.5, 0.6) is 5.75 Å². The third kappa shape index (κ3) is 8.95. The minimum absolute atomic E-state index is 0.00906. The van der Waals surface area contributed by atoms with E-state index in [1.807, 2.05) is 23.1 Å². The van der Waals surface area contributed by atoms with Gasteiger partial charge in [0.1, 0.15) is 5.75 Å². The van der Waals surface area contributed by atoms with E-state index < -0.39 is 5.60 Å². The van der Waals surface area contributed by atoms with Crippen LogP contribution in [0.3, 0.4) is 0 Å². The van der Waals surface area contributed by atoms with E-state index in [1.54, 1.807) is 25.9 Å². The summed E-state index contributed by atoms with van der Waals surface area (Å²) in [5.74, 6) is 0.437. The summed E-state index contributed by atoms with van der Waals surface area (Å²) in [6, 6.07) is 5.74. The van der Waals surface area contributed by atoms with Crippen LogP contribution in [0.25, 0.3) is 0 Å². The molecular weight excluding hydrogens is 560 g/mol. The van der Waals surface area contributed by atoms with E-state index in [-0.39, 0.29) is 35.6 Å². The second-order valence-corrected chi connectivity index (χ2v) is 13.2. The van der Waals surface area contributed by atoms with Crippen LogP contribution in [-0.4, -0.2) is 75.9 Å². The maximum absolute atomic E-state index is 13.6. The third-order valence-corrected chi connectivity index (χ3v) is 9.22. The molecule has 0 spiro atoms. The van der Waals surface area contributed by atoms with Crippen molar-refractivity contribution < 1.29 is 28.6 Å². The van der Waals surface area contributed by atoms with Gasteiger partial charge in [-0.15, -0.1) is 0 Å². The second-order valence-electron chi connectivity index (χ2n) is 13.2. The fraction of sp³-hybridized carbons (Fsp3) is 0.735. The van der Waals surface area contributed by atoms with Gasteiger partial charge in [-0.2, -0.15) is 0 Å². The molecule has 2 saturated carbocycles. The van der Waals surface area contributed by atoms with E-state index in [9.17, 15) is 14.4 Å². The average molecular weight is 615 g/mol. The smallest absolute Gasteiger partial charge is 0.270 e. The molecular formula is C34H54N4O6. The van der Waals surface area contributed by atoms with Crippen molar-refractivity contribution in [2.24, 2.45) is 23.5 Å². The molecule has 246 valence electrons. The first-order valence-electron chi connectivity index (χ1n) is 16.7. The van der Waals surface area contributed by atoms with Gasteiger partial charge in [0, 0.05) is 58.3 Å². The van der Waals surface area contributed by atoms with Gasteiger partial charge < -0.3 is 35.1 Å². The van der Waals surface area contributed by atoms with E-state index >= 15 is 0 Å². The normalized spacial score (nSPS) is 23.2. The predicted molar refractivity (Wildman–Crippen MR) is 172 cm³/mol. The average Bonchev–Trinajstić information content (AvgIpc) is 3.86. The van der Waals surface area contributed by atoms with Crippen molar-refractivity contribution in [1.82, 2.24) is 5.32 Å². The molecule has 44 heavy (non-hydrogen) atoms. The number of benzene rings is 1. The van der Waals surface area contributed by atoms with Crippen LogP contribution < -0.4 is 25.6 Å². The van der Waals surface area contributed by atoms with Crippen molar-refractivity contribution in [3.8, 4) is 5.75 Å².